The van der Waals surface area contributed by atoms with Crippen LogP contribution in [0.4, 0.5) is 4.79 Å². The first kappa shape index (κ1) is 18.4. The number of carbonyl (C=O) groups excluding carboxylic acids is 1. The monoisotopic (exact) mass is 416 g/mol. The molecular weight excluding hydrogens is 392 g/mol. The highest BCUT2D eigenvalue weighted by Crippen LogP contribution is 2.49. The van der Waals surface area contributed by atoms with Gasteiger partial charge in [0.15, 0.2) is 0 Å². The van der Waals surface area contributed by atoms with Crippen LogP contribution in [0.15, 0.2) is 31.0 Å². The number of hydrogen-bond donors (Lipinski definition) is 2. The van der Waals surface area contributed by atoms with Crippen molar-refractivity contribution in [3.63, 3.8) is 0 Å². The molecule has 2 amide bonds. The number of amides is 2. The van der Waals surface area contributed by atoms with Gasteiger partial charge in [-0.15, -0.1) is 0 Å². The Balaban J connectivity index is 1.25. The average Bonchev–Trinajstić information content (AvgIpc) is 3.17. The lowest BCUT2D eigenvalue weighted by Gasteiger charge is -2.29. The molecule has 2 saturated carbocycles. The summed E-state index contributed by atoms with van der Waals surface area (Å²) in [5.41, 5.74) is 2.23. The van der Waals surface area contributed by atoms with Crippen LogP contribution in [-0.2, 0) is 5.54 Å². The number of carbonyl (C=O) groups is 1. The fourth-order valence-electron chi connectivity index (χ4n) is 5.49. The van der Waals surface area contributed by atoms with Crippen LogP contribution < -0.4 is 5.32 Å². The van der Waals surface area contributed by atoms with Crippen molar-refractivity contribution in [2.75, 3.05) is 13.1 Å². The van der Waals surface area contributed by atoms with E-state index < -0.39 is 0 Å². The lowest BCUT2D eigenvalue weighted by Crippen LogP contribution is -2.41. The number of urea groups is 1. The first-order valence-corrected chi connectivity index (χ1v) is 10.9. The van der Waals surface area contributed by atoms with Crippen LogP contribution in [0.5, 0.6) is 0 Å². The minimum atomic E-state index is -0.328. The number of nitrogens with one attached hydrogen (secondary N) is 2. The molecule has 3 fully saturated rings. The molecule has 3 aromatic heterocycles. The van der Waals surface area contributed by atoms with Gasteiger partial charge in [0.05, 0.1) is 29.9 Å². The molecule has 158 valence electrons. The quantitative estimate of drug-likeness (QED) is 0.678. The molecule has 2 atom stereocenters. The summed E-state index contributed by atoms with van der Waals surface area (Å²) >= 11 is 0. The van der Waals surface area contributed by atoms with Crippen molar-refractivity contribution < 1.29 is 4.79 Å². The number of hydrogen-bond acceptors (Lipinski definition) is 5. The van der Waals surface area contributed by atoms with Crippen molar-refractivity contribution in [1.82, 2.24) is 34.9 Å². The van der Waals surface area contributed by atoms with E-state index >= 15 is 0 Å². The second kappa shape index (κ2) is 6.80. The molecule has 4 heterocycles. The largest absolute Gasteiger partial charge is 0.346 e. The van der Waals surface area contributed by atoms with Gasteiger partial charge in [0.2, 0.25) is 0 Å². The number of nitriles is 1. The van der Waals surface area contributed by atoms with E-state index in [9.17, 15) is 10.1 Å². The van der Waals surface area contributed by atoms with E-state index in [-0.39, 0.29) is 11.6 Å². The Kier molecular flexibility index (Phi) is 4.03. The van der Waals surface area contributed by atoms with Gasteiger partial charge in [-0.25, -0.2) is 14.8 Å². The number of H-pyrrole nitrogens is 1. The van der Waals surface area contributed by atoms with Crippen LogP contribution in [0.25, 0.3) is 22.3 Å². The smallest absolute Gasteiger partial charge is 0.317 e. The molecule has 2 N–H and O–H groups in total. The number of aromatic amines is 1. The van der Waals surface area contributed by atoms with Crippen molar-refractivity contribution in [3.8, 4) is 17.3 Å². The lowest BCUT2D eigenvalue weighted by molar-refractivity contribution is 0.192. The Bertz CT molecular complexity index is 1170. The number of aromatic nitrogens is 5. The van der Waals surface area contributed by atoms with Gasteiger partial charge in [-0.3, -0.25) is 4.68 Å². The summed E-state index contributed by atoms with van der Waals surface area (Å²) in [5.74, 6) is 0.808. The first-order valence-electron chi connectivity index (χ1n) is 10.9. The summed E-state index contributed by atoms with van der Waals surface area (Å²) in [6.07, 6.45) is 11.6. The second-order valence-corrected chi connectivity index (χ2v) is 9.25. The third-order valence-corrected chi connectivity index (χ3v) is 7.16. The normalized spacial score (nSPS) is 27.4. The maximum absolute atomic E-state index is 12.5. The van der Waals surface area contributed by atoms with Gasteiger partial charge in [0.25, 0.3) is 0 Å². The Hall–Kier alpha value is -3.41. The molecule has 3 aliphatic rings. The molecule has 31 heavy (non-hydrogen) atoms. The Morgan fingerprint density at radius 3 is 2.84 bits per heavy atom. The lowest BCUT2D eigenvalue weighted by atomic mass is 9.92. The molecule has 0 bridgehead atoms. The van der Waals surface area contributed by atoms with Gasteiger partial charge in [0.1, 0.15) is 12.0 Å². The topological polar surface area (TPSA) is 116 Å². The third kappa shape index (κ3) is 3.05. The molecule has 1 aliphatic heterocycles. The SMILES string of the molecule is N#CCC1(n2cc(-c3ncnc4[nH]ccc34)cn2)CC2CN(C(=O)NC3CC3)CC2C1. The molecule has 9 heteroatoms. The van der Waals surface area contributed by atoms with Crippen LogP contribution in [-0.4, -0.2) is 54.8 Å². The number of nitrogens with zero attached hydrogens (tertiary/aromatic N) is 6. The van der Waals surface area contributed by atoms with Crippen molar-refractivity contribution in [3.05, 3.63) is 31.0 Å². The molecule has 2 aliphatic carbocycles. The van der Waals surface area contributed by atoms with Crippen LogP contribution in [0.3, 0.4) is 0 Å². The van der Waals surface area contributed by atoms with E-state index in [1.165, 1.54) is 0 Å². The molecular formula is C22H24N8O. The summed E-state index contributed by atoms with van der Waals surface area (Å²) in [7, 11) is 0. The Labute approximate surface area is 179 Å². The summed E-state index contributed by atoms with van der Waals surface area (Å²) in [5, 5.41) is 18.4. The third-order valence-electron chi connectivity index (χ3n) is 7.16. The maximum atomic E-state index is 12.5. The van der Waals surface area contributed by atoms with Gasteiger partial charge >= 0.3 is 6.03 Å². The zero-order chi connectivity index (χ0) is 21.0. The fraction of sp³-hybridized carbons (Fsp3) is 0.500. The van der Waals surface area contributed by atoms with Crippen LogP contribution in [0.2, 0.25) is 0 Å². The Morgan fingerprint density at radius 1 is 1.29 bits per heavy atom. The Morgan fingerprint density at radius 2 is 2.10 bits per heavy atom. The van der Waals surface area contributed by atoms with E-state index in [1.807, 2.05) is 34.2 Å². The highest BCUT2D eigenvalue weighted by molar-refractivity contribution is 5.90. The highest BCUT2D eigenvalue weighted by Gasteiger charge is 2.51. The predicted octanol–water partition coefficient (Wildman–Crippen LogP) is 2.64. The van der Waals surface area contributed by atoms with Crippen molar-refractivity contribution >= 4 is 17.1 Å². The van der Waals surface area contributed by atoms with Gasteiger partial charge in [-0.05, 0) is 43.6 Å². The molecule has 0 radical (unpaired) electrons. The van der Waals surface area contributed by atoms with E-state index in [0.29, 0.717) is 24.3 Å². The maximum Gasteiger partial charge on any atom is 0.317 e. The van der Waals surface area contributed by atoms with Crippen molar-refractivity contribution in [1.29, 1.82) is 5.26 Å². The molecule has 0 spiro atoms. The minimum absolute atomic E-state index is 0.0726. The van der Waals surface area contributed by atoms with Crippen LogP contribution in [0.1, 0.15) is 32.1 Å². The zero-order valence-electron chi connectivity index (χ0n) is 17.2. The van der Waals surface area contributed by atoms with E-state index in [2.05, 4.69) is 31.4 Å². The summed E-state index contributed by atoms with van der Waals surface area (Å²) in [4.78, 5) is 26.3. The summed E-state index contributed by atoms with van der Waals surface area (Å²) in [6, 6.07) is 4.81. The summed E-state index contributed by atoms with van der Waals surface area (Å²) in [6.45, 7) is 1.53. The molecule has 3 aromatic rings. The number of fused-ring (bicyclic) bond motifs is 2. The first-order chi connectivity index (χ1) is 15.1. The molecule has 6 rings (SSSR count). The molecule has 1 saturated heterocycles. The highest BCUT2D eigenvalue weighted by atomic mass is 16.2. The minimum Gasteiger partial charge on any atom is -0.346 e. The fourth-order valence-corrected chi connectivity index (χ4v) is 5.49. The van der Waals surface area contributed by atoms with Gasteiger partial charge in [-0.2, -0.15) is 10.4 Å². The molecule has 9 nitrogen and oxygen atoms in total. The van der Waals surface area contributed by atoms with Crippen molar-refractivity contribution in [2.45, 2.75) is 43.7 Å². The van der Waals surface area contributed by atoms with Crippen molar-refractivity contribution in [2.24, 2.45) is 11.8 Å². The number of likely N-dealkylation sites (tertiary alicyclic amines) is 1. The van der Waals surface area contributed by atoms with Gasteiger partial charge in [0, 0.05) is 42.5 Å². The zero-order valence-corrected chi connectivity index (χ0v) is 17.2. The number of rotatable bonds is 4. The van der Waals surface area contributed by atoms with Gasteiger partial charge < -0.3 is 15.2 Å². The van der Waals surface area contributed by atoms with Crippen LogP contribution >= 0.6 is 0 Å². The predicted molar refractivity (Wildman–Crippen MR) is 113 cm³/mol. The van der Waals surface area contributed by atoms with Gasteiger partial charge in [-0.1, -0.05) is 0 Å². The van der Waals surface area contributed by atoms with E-state index in [4.69, 9.17) is 0 Å². The average molecular weight is 416 g/mol. The summed E-state index contributed by atoms with van der Waals surface area (Å²) < 4.78 is 1.99. The second-order valence-electron chi connectivity index (χ2n) is 9.25. The van der Waals surface area contributed by atoms with E-state index in [0.717, 1.165) is 61.1 Å². The molecule has 0 aromatic carbocycles. The standard InChI is InChI=1S/C22H24N8O/c23-5-4-22(7-14-10-29(11-15(14)8-22)21(31)28-17-1-2-17)30-12-16(9-27-30)19-18-3-6-24-20(18)26-13-25-19/h3,6,9,12-15,17H,1-2,4,7-8,10-11H2,(H,28,31)(H,24,25,26). The molecule has 2 unspecified atom stereocenters. The van der Waals surface area contributed by atoms with Crippen LogP contribution in [0, 0.1) is 23.2 Å². The van der Waals surface area contributed by atoms with E-state index in [1.54, 1.807) is 6.33 Å².